The summed E-state index contributed by atoms with van der Waals surface area (Å²) in [5.41, 5.74) is 6.07. The smallest absolute Gasteiger partial charge is 0.117 e. The van der Waals surface area contributed by atoms with Gasteiger partial charge < -0.3 is 15.5 Å². The molecule has 0 fully saturated rings. The van der Waals surface area contributed by atoms with Gasteiger partial charge >= 0.3 is 0 Å². The van der Waals surface area contributed by atoms with Gasteiger partial charge in [0.05, 0.1) is 12.8 Å². The second-order valence-corrected chi connectivity index (χ2v) is 3.75. The van der Waals surface area contributed by atoms with Gasteiger partial charge in [0.15, 0.2) is 0 Å². The monoisotopic (exact) mass is 196 g/mol. The van der Waals surface area contributed by atoms with Gasteiger partial charge in [-0.3, -0.25) is 0 Å². The van der Waals surface area contributed by atoms with Crippen molar-refractivity contribution >= 4 is 0 Å². The lowest BCUT2D eigenvalue weighted by Gasteiger charge is -2.26. The summed E-state index contributed by atoms with van der Waals surface area (Å²) in [6, 6.07) is 3.86. The maximum absolute atomic E-state index is 6.14. The van der Waals surface area contributed by atoms with Crippen molar-refractivity contribution in [2.24, 2.45) is 5.73 Å². The first-order valence-electron chi connectivity index (χ1n) is 5.22. The Labute approximate surface area is 85.7 Å². The average Bonchev–Trinajstić information content (AvgIpc) is 2.70. The Morgan fingerprint density at radius 3 is 2.64 bits per heavy atom. The van der Waals surface area contributed by atoms with Crippen molar-refractivity contribution in [1.82, 2.24) is 5.32 Å². The number of hydrogen-bond acceptors (Lipinski definition) is 3. The third kappa shape index (κ3) is 3.16. The Morgan fingerprint density at radius 2 is 2.14 bits per heavy atom. The molecule has 0 atom stereocenters. The first-order chi connectivity index (χ1) is 6.70. The molecule has 0 saturated carbocycles. The fourth-order valence-corrected chi connectivity index (χ4v) is 1.35. The molecule has 0 aromatic carbocycles. The normalized spacial score (nSPS) is 11.9. The quantitative estimate of drug-likeness (QED) is 0.730. The lowest BCUT2D eigenvalue weighted by atomic mass is 9.94. The minimum absolute atomic E-state index is 0.0768. The van der Waals surface area contributed by atoms with Gasteiger partial charge in [-0.05, 0) is 25.0 Å². The number of furan rings is 1. The molecule has 0 bridgehead atoms. The SMILES string of the molecule is CCC(N)(CC)CNCc1ccco1. The fraction of sp³-hybridized carbons (Fsp3) is 0.636. The molecule has 0 radical (unpaired) electrons. The van der Waals surface area contributed by atoms with Gasteiger partial charge in [0.2, 0.25) is 0 Å². The van der Waals surface area contributed by atoms with Crippen LogP contribution in [-0.4, -0.2) is 12.1 Å². The van der Waals surface area contributed by atoms with Crippen molar-refractivity contribution in [1.29, 1.82) is 0 Å². The molecule has 1 aromatic heterocycles. The van der Waals surface area contributed by atoms with Crippen LogP contribution in [0.15, 0.2) is 22.8 Å². The first-order valence-corrected chi connectivity index (χ1v) is 5.22. The Kier molecular flexibility index (Phi) is 4.17. The van der Waals surface area contributed by atoms with E-state index in [1.807, 2.05) is 12.1 Å². The van der Waals surface area contributed by atoms with Gasteiger partial charge in [-0.1, -0.05) is 13.8 Å². The Morgan fingerprint density at radius 1 is 1.43 bits per heavy atom. The van der Waals surface area contributed by atoms with E-state index in [0.29, 0.717) is 0 Å². The van der Waals surface area contributed by atoms with E-state index in [1.165, 1.54) is 0 Å². The summed E-state index contributed by atoms with van der Waals surface area (Å²) in [4.78, 5) is 0. The molecule has 0 amide bonds. The fourth-order valence-electron chi connectivity index (χ4n) is 1.35. The van der Waals surface area contributed by atoms with Crippen LogP contribution < -0.4 is 11.1 Å². The van der Waals surface area contributed by atoms with Gasteiger partial charge in [-0.2, -0.15) is 0 Å². The molecule has 3 N–H and O–H groups in total. The van der Waals surface area contributed by atoms with Gasteiger partial charge in [0.25, 0.3) is 0 Å². The summed E-state index contributed by atoms with van der Waals surface area (Å²) in [6.45, 7) is 5.84. The maximum Gasteiger partial charge on any atom is 0.117 e. The summed E-state index contributed by atoms with van der Waals surface area (Å²) in [5.74, 6) is 0.958. The second-order valence-electron chi connectivity index (χ2n) is 3.75. The molecule has 0 saturated heterocycles. The Bertz CT molecular complexity index is 240. The second kappa shape index (κ2) is 5.17. The Hall–Kier alpha value is -0.800. The van der Waals surface area contributed by atoms with Crippen LogP contribution in [0.1, 0.15) is 32.4 Å². The predicted molar refractivity (Wildman–Crippen MR) is 57.9 cm³/mol. The van der Waals surface area contributed by atoms with Crippen LogP contribution in [0, 0.1) is 0 Å². The standard InChI is InChI=1S/C11H20N2O/c1-3-11(12,4-2)9-13-8-10-6-5-7-14-10/h5-7,13H,3-4,8-9,12H2,1-2H3. The maximum atomic E-state index is 6.14. The number of nitrogens with two attached hydrogens (primary N) is 1. The van der Waals surface area contributed by atoms with Crippen molar-refractivity contribution in [2.75, 3.05) is 6.54 Å². The summed E-state index contributed by atoms with van der Waals surface area (Å²) in [6.07, 6.45) is 3.68. The third-order valence-electron chi connectivity index (χ3n) is 2.76. The zero-order chi connectivity index (χ0) is 10.4. The van der Waals surface area contributed by atoms with E-state index in [-0.39, 0.29) is 5.54 Å². The lowest BCUT2D eigenvalue weighted by Crippen LogP contribution is -2.47. The molecule has 0 aliphatic heterocycles. The predicted octanol–water partition coefficient (Wildman–Crippen LogP) is 1.89. The summed E-state index contributed by atoms with van der Waals surface area (Å²) in [7, 11) is 0. The molecule has 0 aliphatic carbocycles. The molecular formula is C11H20N2O. The lowest BCUT2D eigenvalue weighted by molar-refractivity contribution is 0.359. The van der Waals surface area contributed by atoms with E-state index in [4.69, 9.17) is 10.2 Å². The molecule has 3 nitrogen and oxygen atoms in total. The number of nitrogens with one attached hydrogen (secondary N) is 1. The first kappa shape index (κ1) is 11.3. The van der Waals surface area contributed by atoms with Gasteiger partial charge in [0, 0.05) is 12.1 Å². The zero-order valence-electron chi connectivity index (χ0n) is 9.05. The molecule has 80 valence electrons. The molecule has 0 aliphatic rings. The van der Waals surface area contributed by atoms with Crippen LogP contribution in [0.2, 0.25) is 0 Å². The highest BCUT2D eigenvalue weighted by molar-refractivity contribution is 4.98. The largest absolute Gasteiger partial charge is 0.468 e. The molecule has 14 heavy (non-hydrogen) atoms. The summed E-state index contributed by atoms with van der Waals surface area (Å²) >= 11 is 0. The van der Waals surface area contributed by atoms with Gasteiger partial charge in [-0.15, -0.1) is 0 Å². The minimum Gasteiger partial charge on any atom is -0.468 e. The molecular weight excluding hydrogens is 176 g/mol. The van der Waals surface area contributed by atoms with Gasteiger partial charge in [-0.25, -0.2) is 0 Å². The van der Waals surface area contributed by atoms with Crippen LogP contribution in [0.25, 0.3) is 0 Å². The molecule has 1 rings (SSSR count). The van der Waals surface area contributed by atoms with E-state index >= 15 is 0 Å². The van der Waals surface area contributed by atoms with Crippen LogP contribution in [0.5, 0.6) is 0 Å². The highest BCUT2D eigenvalue weighted by Crippen LogP contribution is 2.09. The Balaban J connectivity index is 2.27. The van der Waals surface area contributed by atoms with Crippen LogP contribution in [-0.2, 0) is 6.54 Å². The van der Waals surface area contributed by atoms with Crippen molar-refractivity contribution < 1.29 is 4.42 Å². The third-order valence-corrected chi connectivity index (χ3v) is 2.76. The van der Waals surface area contributed by atoms with Crippen LogP contribution >= 0.6 is 0 Å². The minimum atomic E-state index is -0.0768. The van der Waals surface area contributed by atoms with Crippen molar-refractivity contribution in [3.63, 3.8) is 0 Å². The van der Waals surface area contributed by atoms with Crippen molar-refractivity contribution in [2.45, 2.75) is 38.8 Å². The van der Waals surface area contributed by atoms with E-state index in [1.54, 1.807) is 6.26 Å². The highest BCUT2D eigenvalue weighted by Gasteiger charge is 2.19. The number of hydrogen-bond donors (Lipinski definition) is 2. The van der Waals surface area contributed by atoms with E-state index in [9.17, 15) is 0 Å². The highest BCUT2D eigenvalue weighted by atomic mass is 16.3. The van der Waals surface area contributed by atoms with Gasteiger partial charge in [0.1, 0.15) is 5.76 Å². The topological polar surface area (TPSA) is 51.2 Å². The zero-order valence-corrected chi connectivity index (χ0v) is 9.05. The molecule has 1 heterocycles. The van der Waals surface area contributed by atoms with E-state index < -0.39 is 0 Å². The van der Waals surface area contributed by atoms with E-state index in [0.717, 1.165) is 31.7 Å². The molecule has 0 spiro atoms. The van der Waals surface area contributed by atoms with Crippen molar-refractivity contribution in [3.8, 4) is 0 Å². The molecule has 1 aromatic rings. The average molecular weight is 196 g/mol. The van der Waals surface area contributed by atoms with E-state index in [2.05, 4.69) is 19.2 Å². The summed E-state index contributed by atoms with van der Waals surface area (Å²) < 4.78 is 5.21. The van der Waals surface area contributed by atoms with Crippen LogP contribution in [0.3, 0.4) is 0 Å². The summed E-state index contributed by atoms with van der Waals surface area (Å²) in [5, 5.41) is 3.31. The molecule has 3 heteroatoms. The van der Waals surface area contributed by atoms with Crippen LogP contribution in [0.4, 0.5) is 0 Å². The number of rotatable bonds is 6. The molecule has 0 unspecified atom stereocenters. The van der Waals surface area contributed by atoms with Crippen molar-refractivity contribution in [3.05, 3.63) is 24.2 Å².